The SMILES string of the molecule is COC(=O)Nc1ccc(-n2cnc3c(C)cc(-c4nccn4-c4ccc(F)cc4)cc32)cn1. The number of benzene rings is 2. The molecule has 0 unspecified atom stereocenters. The van der Waals surface area contributed by atoms with Gasteiger partial charge in [0.25, 0.3) is 0 Å². The monoisotopic (exact) mass is 442 g/mol. The quantitative estimate of drug-likeness (QED) is 0.428. The van der Waals surface area contributed by atoms with Gasteiger partial charge in [0.05, 0.1) is 30.0 Å². The summed E-state index contributed by atoms with van der Waals surface area (Å²) in [7, 11) is 1.29. The zero-order valence-electron chi connectivity index (χ0n) is 17.9. The number of carbonyl (C=O) groups is 1. The van der Waals surface area contributed by atoms with Gasteiger partial charge in [-0.25, -0.2) is 24.1 Å². The van der Waals surface area contributed by atoms with Crippen LogP contribution in [0.1, 0.15) is 5.56 Å². The van der Waals surface area contributed by atoms with Crippen LogP contribution in [-0.4, -0.2) is 37.3 Å². The lowest BCUT2D eigenvalue weighted by Crippen LogP contribution is -2.12. The molecule has 3 aromatic heterocycles. The molecule has 2 aromatic carbocycles. The largest absolute Gasteiger partial charge is 0.453 e. The summed E-state index contributed by atoms with van der Waals surface area (Å²) in [5.41, 5.74) is 5.23. The van der Waals surface area contributed by atoms with Crippen LogP contribution < -0.4 is 5.32 Å². The molecule has 9 heteroatoms. The van der Waals surface area contributed by atoms with Gasteiger partial charge < -0.3 is 4.74 Å². The Kier molecular flexibility index (Phi) is 5.06. The first-order chi connectivity index (χ1) is 16.0. The van der Waals surface area contributed by atoms with Crippen molar-refractivity contribution in [3.63, 3.8) is 0 Å². The van der Waals surface area contributed by atoms with Gasteiger partial charge in [-0.15, -0.1) is 0 Å². The summed E-state index contributed by atoms with van der Waals surface area (Å²) in [5, 5.41) is 2.53. The third kappa shape index (κ3) is 3.80. The first-order valence-corrected chi connectivity index (χ1v) is 10.1. The molecule has 5 rings (SSSR count). The summed E-state index contributed by atoms with van der Waals surface area (Å²) in [6.45, 7) is 2.00. The van der Waals surface area contributed by atoms with Crippen molar-refractivity contribution in [1.29, 1.82) is 0 Å². The van der Waals surface area contributed by atoms with E-state index in [1.165, 1.54) is 19.2 Å². The van der Waals surface area contributed by atoms with Gasteiger partial charge in [-0.1, -0.05) is 0 Å². The second-order valence-corrected chi connectivity index (χ2v) is 7.39. The lowest BCUT2D eigenvalue weighted by molar-refractivity contribution is 0.187. The second-order valence-electron chi connectivity index (χ2n) is 7.39. The standard InChI is InChI=1S/C24H19FN6O2/c1-15-11-16(23-26-9-10-30(23)18-5-3-17(25)4-6-18)12-20-22(15)28-14-31(20)19-7-8-21(27-13-19)29-24(32)33-2/h3-14H,1-2H3,(H,27,29,32). The molecule has 0 spiro atoms. The number of fused-ring (bicyclic) bond motifs is 1. The Hall–Kier alpha value is -4.53. The molecule has 5 aromatic rings. The van der Waals surface area contributed by atoms with E-state index in [0.29, 0.717) is 5.82 Å². The Morgan fingerprint density at radius 2 is 1.79 bits per heavy atom. The fraction of sp³-hybridized carbons (Fsp3) is 0.0833. The van der Waals surface area contributed by atoms with E-state index >= 15 is 0 Å². The number of hydrogen-bond acceptors (Lipinski definition) is 5. The molecule has 8 nitrogen and oxygen atoms in total. The summed E-state index contributed by atoms with van der Waals surface area (Å²) in [5.74, 6) is 0.825. The van der Waals surface area contributed by atoms with Crippen LogP contribution in [0.15, 0.2) is 73.4 Å². The van der Waals surface area contributed by atoms with Crippen molar-refractivity contribution in [2.45, 2.75) is 6.92 Å². The highest BCUT2D eigenvalue weighted by Gasteiger charge is 2.14. The first-order valence-electron chi connectivity index (χ1n) is 10.1. The number of hydrogen-bond donors (Lipinski definition) is 1. The summed E-state index contributed by atoms with van der Waals surface area (Å²) in [6, 6.07) is 13.8. The van der Waals surface area contributed by atoms with E-state index in [2.05, 4.69) is 25.0 Å². The van der Waals surface area contributed by atoms with Crippen molar-refractivity contribution in [1.82, 2.24) is 24.1 Å². The van der Waals surface area contributed by atoms with Crippen LogP contribution in [0.2, 0.25) is 0 Å². The van der Waals surface area contributed by atoms with Gasteiger partial charge in [0.2, 0.25) is 0 Å². The number of imidazole rings is 2. The molecule has 3 heterocycles. The van der Waals surface area contributed by atoms with E-state index in [4.69, 9.17) is 0 Å². The van der Waals surface area contributed by atoms with Gasteiger partial charge in [-0.05, 0) is 61.0 Å². The molecular weight excluding hydrogens is 423 g/mol. The molecule has 0 saturated carbocycles. The van der Waals surface area contributed by atoms with E-state index in [1.54, 1.807) is 36.9 Å². The minimum absolute atomic E-state index is 0.289. The maximum Gasteiger partial charge on any atom is 0.412 e. The molecule has 0 saturated heterocycles. The molecule has 0 aliphatic carbocycles. The maximum atomic E-state index is 13.4. The Balaban J connectivity index is 1.57. The predicted octanol–water partition coefficient (Wildman–Crippen LogP) is 4.90. The predicted molar refractivity (Wildman–Crippen MR) is 122 cm³/mol. The number of halogens is 1. The number of carbonyl (C=O) groups excluding carboxylic acids is 1. The van der Waals surface area contributed by atoms with Crippen molar-refractivity contribution in [2.75, 3.05) is 12.4 Å². The zero-order valence-corrected chi connectivity index (χ0v) is 17.9. The van der Waals surface area contributed by atoms with Crippen LogP contribution in [0.25, 0.3) is 33.8 Å². The van der Waals surface area contributed by atoms with Gasteiger partial charge in [0.1, 0.15) is 23.8 Å². The number of nitrogens with zero attached hydrogens (tertiary/aromatic N) is 5. The van der Waals surface area contributed by atoms with Crippen molar-refractivity contribution >= 4 is 22.9 Å². The van der Waals surface area contributed by atoms with Crippen molar-refractivity contribution in [2.24, 2.45) is 0 Å². The number of aromatic nitrogens is 5. The van der Waals surface area contributed by atoms with Crippen molar-refractivity contribution in [3.8, 4) is 22.8 Å². The molecule has 0 bridgehead atoms. The highest BCUT2D eigenvalue weighted by Crippen LogP contribution is 2.29. The number of rotatable bonds is 4. The molecule has 1 amide bonds. The Morgan fingerprint density at radius 1 is 1.00 bits per heavy atom. The number of amides is 1. The minimum atomic E-state index is -0.583. The summed E-state index contributed by atoms with van der Waals surface area (Å²) >= 11 is 0. The van der Waals surface area contributed by atoms with Crippen LogP contribution in [0.4, 0.5) is 15.0 Å². The summed E-state index contributed by atoms with van der Waals surface area (Å²) in [6.07, 6.45) is 6.36. The molecule has 0 atom stereocenters. The fourth-order valence-corrected chi connectivity index (χ4v) is 3.71. The zero-order chi connectivity index (χ0) is 22.9. The lowest BCUT2D eigenvalue weighted by atomic mass is 10.1. The molecular formula is C24H19FN6O2. The fourth-order valence-electron chi connectivity index (χ4n) is 3.71. The Morgan fingerprint density at radius 3 is 2.52 bits per heavy atom. The number of nitrogens with one attached hydrogen (secondary N) is 1. The molecule has 0 fully saturated rings. The summed E-state index contributed by atoms with van der Waals surface area (Å²) in [4.78, 5) is 24.8. The minimum Gasteiger partial charge on any atom is -0.453 e. The summed E-state index contributed by atoms with van der Waals surface area (Å²) < 4.78 is 21.8. The van der Waals surface area contributed by atoms with Crippen molar-refractivity contribution < 1.29 is 13.9 Å². The smallest absolute Gasteiger partial charge is 0.412 e. The van der Waals surface area contributed by atoms with Gasteiger partial charge >= 0.3 is 6.09 Å². The van der Waals surface area contributed by atoms with Gasteiger partial charge in [-0.3, -0.25) is 14.5 Å². The van der Waals surface area contributed by atoms with E-state index in [0.717, 1.165) is 39.4 Å². The van der Waals surface area contributed by atoms with Crippen LogP contribution in [0.5, 0.6) is 0 Å². The van der Waals surface area contributed by atoms with Gasteiger partial charge in [-0.2, -0.15) is 0 Å². The average molecular weight is 442 g/mol. The van der Waals surface area contributed by atoms with Crippen LogP contribution in [0.3, 0.4) is 0 Å². The molecule has 33 heavy (non-hydrogen) atoms. The second kappa shape index (κ2) is 8.19. The number of anilines is 1. The van der Waals surface area contributed by atoms with Gasteiger partial charge in [0, 0.05) is 23.6 Å². The van der Waals surface area contributed by atoms with Crippen LogP contribution in [0, 0.1) is 12.7 Å². The number of methoxy groups -OCH3 is 1. The van der Waals surface area contributed by atoms with Crippen LogP contribution >= 0.6 is 0 Å². The maximum absolute atomic E-state index is 13.4. The third-order valence-electron chi connectivity index (χ3n) is 5.29. The van der Waals surface area contributed by atoms with Crippen LogP contribution in [-0.2, 0) is 4.74 Å². The average Bonchev–Trinajstić information content (AvgIpc) is 3.48. The van der Waals surface area contributed by atoms with Gasteiger partial charge in [0.15, 0.2) is 0 Å². The van der Waals surface area contributed by atoms with Crippen molar-refractivity contribution in [3.05, 3.63) is 84.8 Å². The highest BCUT2D eigenvalue weighted by molar-refractivity contribution is 5.86. The molecule has 0 aliphatic heterocycles. The molecule has 0 radical (unpaired) electrons. The molecule has 164 valence electrons. The normalized spacial score (nSPS) is 11.0. The highest BCUT2D eigenvalue weighted by atomic mass is 19.1. The Bertz CT molecular complexity index is 1460. The van der Waals surface area contributed by atoms with E-state index < -0.39 is 6.09 Å². The molecule has 1 N–H and O–H groups in total. The van der Waals surface area contributed by atoms with E-state index in [-0.39, 0.29) is 5.82 Å². The van der Waals surface area contributed by atoms with E-state index in [9.17, 15) is 9.18 Å². The first kappa shape index (κ1) is 20.4. The van der Waals surface area contributed by atoms with E-state index in [1.807, 2.05) is 40.5 Å². The Labute approximate surface area is 188 Å². The lowest BCUT2D eigenvalue weighted by Gasteiger charge is -2.11. The topological polar surface area (TPSA) is 86.9 Å². The number of ether oxygens (including phenoxy) is 1. The number of aryl methyl sites for hydroxylation is 1. The third-order valence-corrected chi connectivity index (χ3v) is 5.29. The molecule has 0 aliphatic rings. The number of pyridine rings is 1.